The van der Waals surface area contributed by atoms with Gasteiger partial charge >= 0.3 is 0 Å². The molecule has 0 aromatic heterocycles. The summed E-state index contributed by atoms with van der Waals surface area (Å²) in [7, 11) is 0. The van der Waals surface area contributed by atoms with Gasteiger partial charge in [-0.25, -0.2) is 4.90 Å². The fourth-order valence-electron chi connectivity index (χ4n) is 4.45. The molecule has 0 bridgehead atoms. The number of piperidine rings is 1. The number of anilines is 1. The van der Waals surface area contributed by atoms with Crippen molar-refractivity contribution in [2.75, 3.05) is 24.6 Å². The van der Waals surface area contributed by atoms with Crippen LogP contribution in [0.15, 0.2) is 54.6 Å². The van der Waals surface area contributed by atoms with Gasteiger partial charge in [-0.1, -0.05) is 30.3 Å². The summed E-state index contributed by atoms with van der Waals surface area (Å²) in [5.41, 5.74) is 2.00. The molecule has 1 atom stereocenters. The first-order chi connectivity index (χ1) is 14.2. The molecule has 29 heavy (non-hydrogen) atoms. The standard InChI is InChI=1S/C24H28N2O3/c1-2-29-21-10-8-20(9-11-21)26-23(27)17-22(24(26)28)25-14-12-19(13-15-25)16-18-6-4-3-5-7-18/h3-11,19,22H,2,12-17H2,1H3/t22-/m0/s1. The summed E-state index contributed by atoms with van der Waals surface area (Å²) in [6, 6.07) is 17.4. The van der Waals surface area contributed by atoms with Gasteiger partial charge in [0.2, 0.25) is 5.91 Å². The Hall–Kier alpha value is -2.66. The van der Waals surface area contributed by atoms with Gasteiger partial charge in [-0.2, -0.15) is 0 Å². The highest BCUT2D eigenvalue weighted by atomic mass is 16.5. The van der Waals surface area contributed by atoms with Gasteiger partial charge in [0, 0.05) is 0 Å². The summed E-state index contributed by atoms with van der Waals surface area (Å²) in [6.07, 6.45) is 3.49. The zero-order valence-electron chi connectivity index (χ0n) is 16.9. The minimum absolute atomic E-state index is 0.0966. The molecule has 2 saturated heterocycles. The van der Waals surface area contributed by atoms with E-state index in [0.717, 1.165) is 38.1 Å². The molecular weight excluding hydrogens is 364 g/mol. The first kappa shape index (κ1) is 19.6. The average Bonchev–Trinajstić information content (AvgIpc) is 3.04. The Kier molecular flexibility index (Phi) is 5.95. The first-order valence-electron chi connectivity index (χ1n) is 10.5. The van der Waals surface area contributed by atoms with Gasteiger partial charge in [-0.15, -0.1) is 0 Å². The van der Waals surface area contributed by atoms with E-state index in [-0.39, 0.29) is 24.3 Å². The van der Waals surface area contributed by atoms with Crippen LogP contribution in [0, 0.1) is 5.92 Å². The second kappa shape index (κ2) is 8.78. The van der Waals surface area contributed by atoms with Crippen LogP contribution in [0.2, 0.25) is 0 Å². The van der Waals surface area contributed by atoms with Gasteiger partial charge in [-0.3, -0.25) is 14.5 Å². The predicted octanol–water partition coefficient (Wildman–Crippen LogP) is 3.67. The fraction of sp³-hybridized carbons (Fsp3) is 0.417. The fourth-order valence-corrected chi connectivity index (χ4v) is 4.45. The Morgan fingerprint density at radius 2 is 1.66 bits per heavy atom. The number of carbonyl (C=O) groups excluding carboxylic acids is 2. The maximum atomic E-state index is 13.0. The van der Waals surface area contributed by atoms with Crippen LogP contribution in [0.25, 0.3) is 0 Å². The van der Waals surface area contributed by atoms with Crippen molar-refractivity contribution in [2.45, 2.75) is 38.6 Å². The molecule has 0 N–H and O–H groups in total. The number of rotatable bonds is 6. The van der Waals surface area contributed by atoms with E-state index in [0.29, 0.717) is 18.2 Å². The van der Waals surface area contributed by atoms with Crippen molar-refractivity contribution < 1.29 is 14.3 Å². The summed E-state index contributed by atoms with van der Waals surface area (Å²) in [4.78, 5) is 29.2. The highest BCUT2D eigenvalue weighted by Crippen LogP contribution is 2.30. The van der Waals surface area contributed by atoms with Gasteiger partial charge in [0.05, 0.1) is 24.8 Å². The van der Waals surface area contributed by atoms with E-state index in [2.05, 4.69) is 29.2 Å². The van der Waals surface area contributed by atoms with Crippen molar-refractivity contribution >= 4 is 17.5 Å². The minimum Gasteiger partial charge on any atom is -0.494 e. The number of imide groups is 1. The third-order valence-corrected chi connectivity index (χ3v) is 5.99. The molecule has 152 valence electrons. The lowest BCUT2D eigenvalue weighted by molar-refractivity contribution is -0.123. The second-order valence-corrected chi connectivity index (χ2v) is 7.88. The van der Waals surface area contributed by atoms with Gasteiger partial charge < -0.3 is 4.74 Å². The Balaban J connectivity index is 1.36. The smallest absolute Gasteiger partial charge is 0.251 e. The van der Waals surface area contributed by atoms with Crippen molar-refractivity contribution in [3.05, 3.63) is 60.2 Å². The van der Waals surface area contributed by atoms with Crippen LogP contribution in [0.1, 0.15) is 31.7 Å². The number of hydrogen-bond acceptors (Lipinski definition) is 4. The van der Waals surface area contributed by atoms with E-state index in [1.807, 2.05) is 25.1 Å². The van der Waals surface area contributed by atoms with Crippen molar-refractivity contribution in [3.8, 4) is 5.75 Å². The van der Waals surface area contributed by atoms with Crippen molar-refractivity contribution in [3.63, 3.8) is 0 Å². The maximum Gasteiger partial charge on any atom is 0.251 e. The van der Waals surface area contributed by atoms with E-state index in [9.17, 15) is 9.59 Å². The highest BCUT2D eigenvalue weighted by molar-refractivity contribution is 6.22. The average molecular weight is 392 g/mol. The molecule has 5 heteroatoms. The molecule has 4 rings (SSSR count). The predicted molar refractivity (Wildman–Crippen MR) is 113 cm³/mol. The van der Waals surface area contributed by atoms with Crippen LogP contribution in [0.5, 0.6) is 5.75 Å². The normalized spacial score (nSPS) is 21.0. The third kappa shape index (κ3) is 4.35. The van der Waals surface area contributed by atoms with Crippen LogP contribution >= 0.6 is 0 Å². The van der Waals surface area contributed by atoms with Gasteiger partial charge in [0.15, 0.2) is 0 Å². The lowest BCUT2D eigenvalue weighted by Crippen LogP contribution is -2.46. The van der Waals surface area contributed by atoms with Crippen molar-refractivity contribution in [1.29, 1.82) is 0 Å². The number of likely N-dealkylation sites (tertiary alicyclic amines) is 1. The van der Waals surface area contributed by atoms with Crippen LogP contribution in [0.3, 0.4) is 0 Å². The number of benzene rings is 2. The van der Waals surface area contributed by atoms with Crippen molar-refractivity contribution in [1.82, 2.24) is 4.90 Å². The second-order valence-electron chi connectivity index (χ2n) is 7.88. The number of hydrogen-bond donors (Lipinski definition) is 0. The highest BCUT2D eigenvalue weighted by Gasteiger charge is 2.43. The molecular formula is C24H28N2O3. The maximum absolute atomic E-state index is 13.0. The Labute approximate surface area is 172 Å². The zero-order valence-corrected chi connectivity index (χ0v) is 16.9. The minimum atomic E-state index is -0.327. The summed E-state index contributed by atoms with van der Waals surface area (Å²) < 4.78 is 5.45. The Morgan fingerprint density at radius 1 is 0.966 bits per heavy atom. The molecule has 5 nitrogen and oxygen atoms in total. The number of ether oxygens (including phenoxy) is 1. The molecule has 0 aliphatic carbocycles. The van der Waals surface area contributed by atoms with E-state index in [4.69, 9.17) is 4.74 Å². The topological polar surface area (TPSA) is 49.9 Å². The van der Waals surface area contributed by atoms with Gasteiger partial charge in [0.1, 0.15) is 5.75 Å². The van der Waals surface area contributed by atoms with E-state index in [1.165, 1.54) is 10.5 Å². The Bertz CT molecular complexity index is 842. The molecule has 0 spiro atoms. The quantitative estimate of drug-likeness (QED) is 0.704. The molecule has 0 saturated carbocycles. The van der Waals surface area contributed by atoms with E-state index in [1.54, 1.807) is 12.1 Å². The molecule has 2 aliphatic rings. The summed E-state index contributed by atoms with van der Waals surface area (Å²) in [6.45, 7) is 4.26. The number of nitrogens with zero attached hydrogens (tertiary/aromatic N) is 2. The Morgan fingerprint density at radius 3 is 2.31 bits per heavy atom. The molecule has 2 aromatic carbocycles. The molecule has 2 aliphatic heterocycles. The monoisotopic (exact) mass is 392 g/mol. The van der Waals surface area contributed by atoms with Crippen molar-refractivity contribution in [2.24, 2.45) is 5.92 Å². The summed E-state index contributed by atoms with van der Waals surface area (Å²) in [5, 5.41) is 0. The largest absolute Gasteiger partial charge is 0.494 e. The molecule has 2 amide bonds. The van der Waals surface area contributed by atoms with Gasteiger partial charge in [0.25, 0.3) is 5.91 Å². The van der Waals surface area contributed by atoms with E-state index >= 15 is 0 Å². The molecule has 0 unspecified atom stereocenters. The molecule has 2 fully saturated rings. The van der Waals surface area contributed by atoms with Crippen LogP contribution in [-0.4, -0.2) is 42.5 Å². The number of amides is 2. The SMILES string of the molecule is CCOc1ccc(N2C(=O)C[C@H](N3CCC(Cc4ccccc4)CC3)C2=O)cc1. The van der Waals surface area contributed by atoms with Crippen LogP contribution in [-0.2, 0) is 16.0 Å². The molecule has 2 heterocycles. The van der Waals surface area contributed by atoms with Gasteiger partial charge in [-0.05, 0) is 75.0 Å². The lowest BCUT2D eigenvalue weighted by Gasteiger charge is -2.34. The van der Waals surface area contributed by atoms with E-state index < -0.39 is 0 Å². The molecule has 2 aromatic rings. The summed E-state index contributed by atoms with van der Waals surface area (Å²) >= 11 is 0. The lowest BCUT2D eigenvalue weighted by atomic mass is 9.89. The van der Waals surface area contributed by atoms with Crippen LogP contribution < -0.4 is 9.64 Å². The third-order valence-electron chi connectivity index (χ3n) is 5.99. The number of carbonyl (C=O) groups is 2. The first-order valence-corrected chi connectivity index (χ1v) is 10.5. The zero-order chi connectivity index (χ0) is 20.2. The summed E-state index contributed by atoms with van der Waals surface area (Å²) in [5.74, 6) is 1.17. The van der Waals surface area contributed by atoms with Crippen LogP contribution in [0.4, 0.5) is 5.69 Å². The molecule has 0 radical (unpaired) electrons.